The average Bonchev–Trinajstić information content (AvgIpc) is 3.48. The quantitative estimate of drug-likeness (QED) is 0.0634. The van der Waals surface area contributed by atoms with Crippen molar-refractivity contribution in [2.45, 2.75) is 12.8 Å². The van der Waals surface area contributed by atoms with Gasteiger partial charge in [-0.05, 0) is 41.6 Å². The van der Waals surface area contributed by atoms with Gasteiger partial charge in [0.25, 0.3) is 0 Å². The molecule has 0 fully saturated rings. The van der Waals surface area contributed by atoms with Gasteiger partial charge in [0, 0.05) is 47.8 Å². The molecule has 0 atom stereocenters. The molecule has 220 valence electrons. The molecule has 0 saturated heterocycles. The van der Waals surface area contributed by atoms with Crippen molar-refractivity contribution in [3.05, 3.63) is 100 Å². The van der Waals surface area contributed by atoms with Gasteiger partial charge in [0.2, 0.25) is 0 Å². The maximum Gasteiger partial charge on any atom is 0.328 e. The molecule has 0 spiro atoms. The normalized spacial score (nSPS) is 12.1. The molecule has 0 radical (unpaired) electrons. The number of hydrogen-bond acceptors (Lipinski definition) is 8. The highest BCUT2D eigenvalue weighted by molar-refractivity contribution is 7.80. The fraction of sp³-hybridized carbons (Fsp3) is 0.107. The fourth-order valence-electron chi connectivity index (χ4n) is 2.76. The Kier molecular flexibility index (Phi) is 16.4. The van der Waals surface area contributed by atoms with Crippen LogP contribution in [0.5, 0.6) is 0 Å². The third-order valence-electron chi connectivity index (χ3n) is 4.53. The van der Waals surface area contributed by atoms with E-state index >= 15 is 0 Å². The van der Waals surface area contributed by atoms with E-state index in [1.807, 2.05) is 47.9 Å². The summed E-state index contributed by atoms with van der Waals surface area (Å²) in [5.41, 5.74) is 2.98. The Morgan fingerprint density at radius 2 is 1.57 bits per heavy atom. The Morgan fingerprint density at radius 3 is 2.10 bits per heavy atom. The van der Waals surface area contributed by atoms with Gasteiger partial charge in [-0.15, -0.1) is 11.3 Å². The minimum atomic E-state index is -1.26. The molecule has 1 aromatic carbocycles. The van der Waals surface area contributed by atoms with E-state index in [9.17, 15) is 19.2 Å². The maximum atomic E-state index is 9.55. The molecule has 0 saturated carbocycles. The number of carboxylic acids is 4. The summed E-state index contributed by atoms with van der Waals surface area (Å²) in [6.07, 6.45) is 11.6. The SMILES string of the molecule is N=C(Nc1cccc(CCNC=NC2=CC=CCC2=S)c1)c1cccs1.O=C(O)/C=C/C(=O)O.O=C(O)/C=C/C(=O)O. The van der Waals surface area contributed by atoms with Gasteiger partial charge in [0.05, 0.1) is 16.9 Å². The van der Waals surface area contributed by atoms with Gasteiger partial charge < -0.3 is 31.1 Å². The highest BCUT2D eigenvalue weighted by Gasteiger charge is 2.04. The molecule has 0 unspecified atom stereocenters. The number of nitrogens with zero attached hydrogens (tertiary/aromatic N) is 1. The van der Waals surface area contributed by atoms with E-state index in [2.05, 4.69) is 27.8 Å². The zero-order valence-electron chi connectivity index (χ0n) is 22.0. The second kappa shape index (κ2) is 19.8. The lowest BCUT2D eigenvalue weighted by Crippen LogP contribution is -2.16. The number of carboxylic acid groups (broad SMARTS) is 4. The number of rotatable bonds is 11. The number of hydrogen-bond donors (Lipinski definition) is 7. The molecule has 2 aromatic rings. The summed E-state index contributed by atoms with van der Waals surface area (Å²) in [5.74, 6) is -4.60. The van der Waals surface area contributed by atoms with Crippen LogP contribution in [0.2, 0.25) is 0 Å². The molecule has 0 amide bonds. The van der Waals surface area contributed by atoms with Crippen LogP contribution in [0.3, 0.4) is 0 Å². The van der Waals surface area contributed by atoms with Crippen molar-refractivity contribution in [1.29, 1.82) is 5.41 Å². The number of thiophene rings is 1. The fourth-order valence-corrected chi connectivity index (χ4v) is 3.61. The van der Waals surface area contributed by atoms with E-state index in [0.717, 1.165) is 40.5 Å². The summed E-state index contributed by atoms with van der Waals surface area (Å²) in [6, 6.07) is 12.0. The number of anilines is 1. The number of amidine groups is 1. The van der Waals surface area contributed by atoms with Crippen LogP contribution in [0.4, 0.5) is 5.69 Å². The van der Waals surface area contributed by atoms with Crippen LogP contribution in [-0.2, 0) is 25.6 Å². The molecule has 1 aliphatic carbocycles. The van der Waals surface area contributed by atoms with E-state index in [0.29, 0.717) is 30.1 Å². The number of aliphatic carboxylic acids is 4. The van der Waals surface area contributed by atoms with Crippen molar-refractivity contribution in [2.75, 3.05) is 11.9 Å². The highest BCUT2D eigenvalue weighted by Crippen LogP contribution is 2.15. The van der Waals surface area contributed by atoms with Crippen molar-refractivity contribution in [3.8, 4) is 0 Å². The number of benzene rings is 1. The molecule has 1 heterocycles. The Bertz CT molecular complexity index is 1340. The predicted octanol–water partition coefficient (Wildman–Crippen LogP) is 3.98. The zero-order chi connectivity index (χ0) is 31.3. The summed E-state index contributed by atoms with van der Waals surface area (Å²) in [4.78, 5) is 44.4. The van der Waals surface area contributed by atoms with E-state index in [1.165, 1.54) is 5.56 Å². The van der Waals surface area contributed by atoms with Crippen LogP contribution in [0.15, 0.2) is 95.0 Å². The monoisotopic (exact) mass is 612 g/mol. The maximum absolute atomic E-state index is 9.55. The third kappa shape index (κ3) is 16.7. The lowest BCUT2D eigenvalue weighted by atomic mass is 10.1. The summed E-state index contributed by atoms with van der Waals surface area (Å²) in [5, 5.41) is 47.7. The number of aliphatic imine (C=N–C) groups is 1. The van der Waals surface area contributed by atoms with Crippen LogP contribution in [0.25, 0.3) is 0 Å². The van der Waals surface area contributed by atoms with E-state index < -0.39 is 23.9 Å². The Hall–Kier alpha value is -5.21. The van der Waals surface area contributed by atoms with Crippen molar-refractivity contribution in [2.24, 2.45) is 4.99 Å². The third-order valence-corrected chi connectivity index (χ3v) is 5.80. The first-order valence-corrected chi connectivity index (χ1v) is 13.2. The summed E-state index contributed by atoms with van der Waals surface area (Å²) in [6.45, 7) is 0.783. The van der Waals surface area contributed by atoms with Crippen LogP contribution in [-0.4, -0.2) is 67.9 Å². The highest BCUT2D eigenvalue weighted by atomic mass is 32.1. The van der Waals surface area contributed by atoms with Crippen LogP contribution in [0.1, 0.15) is 16.9 Å². The number of nitrogens with one attached hydrogen (secondary N) is 3. The summed E-state index contributed by atoms with van der Waals surface area (Å²) < 4.78 is 0. The van der Waals surface area contributed by atoms with Gasteiger partial charge in [0.15, 0.2) is 0 Å². The first-order chi connectivity index (χ1) is 20.0. The second-order valence-corrected chi connectivity index (χ2v) is 9.21. The summed E-state index contributed by atoms with van der Waals surface area (Å²) in [7, 11) is 0. The van der Waals surface area contributed by atoms with Gasteiger partial charge in [-0.3, -0.25) is 5.41 Å². The van der Waals surface area contributed by atoms with Crippen molar-refractivity contribution in [3.63, 3.8) is 0 Å². The zero-order valence-corrected chi connectivity index (χ0v) is 23.6. The van der Waals surface area contributed by atoms with E-state index in [1.54, 1.807) is 17.7 Å². The van der Waals surface area contributed by atoms with Crippen molar-refractivity contribution in [1.82, 2.24) is 5.32 Å². The Morgan fingerprint density at radius 1 is 0.952 bits per heavy atom. The molecule has 14 heteroatoms. The number of allylic oxidation sites excluding steroid dienone is 4. The number of thiocarbonyl (C=S) groups is 1. The van der Waals surface area contributed by atoms with Gasteiger partial charge >= 0.3 is 23.9 Å². The molecular weight excluding hydrogens is 584 g/mol. The van der Waals surface area contributed by atoms with Crippen LogP contribution < -0.4 is 10.6 Å². The smallest absolute Gasteiger partial charge is 0.328 e. The topological polar surface area (TPSA) is 209 Å². The van der Waals surface area contributed by atoms with E-state index in [4.69, 9.17) is 38.1 Å². The molecule has 1 aliphatic rings. The van der Waals surface area contributed by atoms with Crippen LogP contribution in [0, 0.1) is 5.41 Å². The number of carbonyl (C=O) groups is 4. The van der Waals surface area contributed by atoms with Crippen molar-refractivity contribution >= 4 is 70.2 Å². The summed E-state index contributed by atoms with van der Waals surface area (Å²) >= 11 is 6.83. The molecule has 12 nitrogen and oxygen atoms in total. The first-order valence-electron chi connectivity index (χ1n) is 11.9. The van der Waals surface area contributed by atoms with Gasteiger partial charge in [-0.25, -0.2) is 24.2 Å². The largest absolute Gasteiger partial charge is 0.478 e. The lowest BCUT2D eigenvalue weighted by Gasteiger charge is -2.09. The molecule has 7 N–H and O–H groups in total. The molecule has 42 heavy (non-hydrogen) atoms. The Labute approximate surface area is 250 Å². The predicted molar refractivity (Wildman–Crippen MR) is 165 cm³/mol. The average molecular weight is 613 g/mol. The molecular formula is C28H28N4O8S2. The van der Waals surface area contributed by atoms with Crippen LogP contribution >= 0.6 is 23.6 Å². The Balaban J connectivity index is 0.000000454. The molecule has 0 aliphatic heterocycles. The molecule has 3 rings (SSSR count). The van der Waals surface area contributed by atoms with Gasteiger partial charge in [0.1, 0.15) is 5.84 Å². The molecule has 1 aromatic heterocycles. The standard InChI is InChI=1S/C20H20N4S2.2C4H4O4/c21-20(19-9-4-12-26-19)24-16-6-3-5-15(13-16)10-11-22-14-23-17-7-1-2-8-18(17)25;2*5-3(6)1-2-4(7)8/h1-7,9,12-14H,8,10-11H2,(H2,21,24)(H,22,23);2*1-2H,(H,5,6)(H,7,8)/b;2*2-1+. The van der Waals surface area contributed by atoms with E-state index in [-0.39, 0.29) is 0 Å². The van der Waals surface area contributed by atoms with Gasteiger partial charge in [-0.1, -0.05) is 42.6 Å². The minimum absolute atomic E-state index is 0.424. The molecule has 0 bridgehead atoms. The minimum Gasteiger partial charge on any atom is -0.478 e. The second-order valence-electron chi connectivity index (χ2n) is 7.77. The lowest BCUT2D eigenvalue weighted by molar-refractivity contribution is -0.134. The van der Waals surface area contributed by atoms with Crippen molar-refractivity contribution < 1.29 is 39.6 Å². The first kappa shape index (κ1) is 34.8. The van der Waals surface area contributed by atoms with Gasteiger partial charge in [-0.2, -0.15) is 0 Å².